The smallest absolute Gasteiger partial charge is 0.223 e. The van der Waals surface area contributed by atoms with Gasteiger partial charge in [0.1, 0.15) is 0 Å². The first-order valence-corrected chi connectivity index (χ1v) is 8.56. The van der Waals surface area contributed by atoms with E-state index in [1.165, 1.54) is 5.56 Å². The lowest BCUT2D eigenvalue weighted by Crippen LogP contribution is -2.45. The van der Waals surface area contributed by atoms with E-state index in [2.05, 4.69) is 28.9 Å². The second-order valence-electron chi connectivity index (χ2n) is 6.23. The second-order valence-corrected chi connectivity index (χ2v) is 7.08. The number of halogens is 1. The summed E-state index contributed by atoms with van der Waals surface area (Å²) in [4.78, 5) is 14.5. The molecule has 21 heavy (non-hydrogen) atoms. The Kier molecular flexibility index (Phi) is 5.82. The Morgan fingerprint density at radius 2 is 2.14 bits per heavy atom. The van der Waals surface area contributed by atoms with Gasteiger partial charge in [0.2, 0.25) is 5.91 Å². The molecule has 0 radical (unpaired) electrons. The van der Waals surface area contributed by atoms with Gasteiger partial charge in [-0.2, -0.15) is 0 Å². The van der Waals surface area contributed by atoms with Crippen molar-refractivity contribution >= 4 is 21.8 Å². The molecule has 0 aromatic heterocycles. The van der Waals surface area contributed by atoms with Crippen molar-refractivity contribution in [2.75, 3.05) is 13.1 Å². The zero-order valence-corrected chi connectivity index (χ0v) is 14.5. The van der Waals surface area contributed by atoms with Crippen molar-refractivity contribution in [3.63, 3.8) is 0 Å². The van der Waals surface area contributed by atoms with Crippen molar-refractivity contribution < 1.29 is 4.79 Å². The maximum Gasteiger partial charge on any atom is 0.223 e. The first kappa shape index (κ1) is 16.5. The molecule has 2 rings (SSSR count). The normalized spacial score (nSPS) is 21.9. The summed E-state index contributed by atoms with van der Waals surface area (Å²) in [6, 6.07) is 8.31. The van der Waals surface area contributed by atoms with Gasteiger partial charge >= 0.3 is 0 Å². The molecule has 1 aliphatic rings. The van der Waals surface area contributed by atoms with Crippen molar-refractivity contribution in [2.45, 2.75) is 45.1 Å². The minimum Gasteiger partial charge on any atom is -0.342 e. The van der Waals surface area contributed by atoms with E-state index in [0.717, 1.165) is 30.4 Å². The van der Waals surface area contributed by atoms with Crippen LogP contribution < -0.4 is 5.73 Å². The van der Waals surface area contributed by atoms with E-state index >= 15 is 0 Å². The fourth-order valence-corrected chi connectivity index (χ4v) is 3.72. The van der Waals surface area contributed by atoms with Crippen molar-refractivity contribution in [1.29, 1.82) is 0 Å². The lowest BCUT2D eigenvalue weighted by molar-refractivity contribution is -0.133. The SMILES string of the molecule is C[C@H](CC(=O)N1CCC[C@H]([C@@H](C)N)C1)c1ccccc1Br. The molecule has 0 bridgehead atoms. The minimum atomic E-state index is 0.168. The summed E-state index contributed by atoms with van der Waals surface area (Å²) < 4.78 is 1.08. The van der Waals surface area contributed by atoms with E-state index < -0.39 is 0 Å². The number of carbonyl (C=O) groups is 1. The molecule has 0 spiro atoms. The number of nitrogens with zero attached hydrogens (tertiary/aromatic N) is 1. The van der Waals surface area contributed by atoms with Gasteiger partial charge in [-0.1, -0.05) is 41.1 Å². The Balaban J connectivity index is 1.96. The van der Waals surface area contributed by atoms with Crippen LogP contribution in [0.3, 0.4) is 0 Å². The fourth-order valence-electron chi connectivity index (χ4n) is 3.04. The van der Waals surface area contributed by atoms with E-state index in [-0.39, 0.29) is 17.9 Å². The summed E-state index contributed by atoms with van der Waals surface area (Å²) in [6.45, 7) is 5.86. The van der Waals surface area contributed by atoms with E-state index in [0.29, 0.717) is 12.3 Å². The van der Waals surface area contributed by atoms with Crippen LogP contribution in [0.15, 0.2) is 28.7 Å². The maximum atomic E-state index is 12.5. The van der Waals surface area contributed by atoms with Gasteiger partial charge in [-0.15, -0.1) is 0 Å². The quantitative estimate of drug-likeness (QED) is 0.900. The van der Waals surface area contributed by atoms with Gasteiger partial charge in [0.15, 0.2) is 0 Å². The van der Waals surface area contributed by atoms with Crippen LogP contribution in [0.5, 0.6) is 0 Å². The molecular weight excluding hydrogens is 328 g/mol. The molecule has 1 aromatic carbocycles. The molecule has 3 nitrogen and oxygen atoms in total. The van der Waals surface area contributed by atoms with Crippen molar-refractivity contribution in [3.8, 4) is 0 Å². The Morgan fingerprint density at radius 3 is 2.81 bits per heavy atom. The predicted molar refractivity (Wildman–Crippen MR) is 90.1 cm³/mol. The maximum absolute atomic E-state index is 12.5. The highest BCUT2D eigenvalue weighted by molar-refractivity contribution is 9.10. The van der Waals surface area contributed by atoms with E-state index in [1.54, 1.807) is 0 Å². The van der Waals surface area contributed by atoms with Gasteiger partial charge in [-0.25, -0.2) is 0 Å². The third-order valence-electron chi connectivity index (χ3n) is 4.47. The average Bonchev–Trinajstić information content (AvgIpc) is 2.47. The molecule has 2 N–H and O–H groups in total. The molecule has 3 atom stereocenters. The van der Waals surface area contributed by atoms with Gasteiger partial charge in [-0.05, 0) is 43.2 Å². The standard InChI is InChI=1S/C17H25BrN2O/c1-12(15-7-3-4-8-16(15)18)10-17(21)20-9-5-6-14(11-20)13(2)19/h3-4,7-8,12-14H,5-6,9-11,19H2,1-2H3/t12-,13-,14+/m1/s1. The number of likely N-dealkylation sites (tertiary alicyclic amines) is 1. The van der Waals surface area contributed by atoms with Crippen LogP contribution in [0.25, 0.3) is 0 Å². The Bertz CT molecular complexity index is 489. The topological polar surface area (TPSA) is 46.3 Å². The summed E-state index contributed by atoms with van der Waals surface area (Å²) >= 11 is 3.57. The molecule has 0 unspecified atom stereocenters. The van der Waals surface area contributed by atoms with E-state index in [4.69, 9.17) is 5.73 Å². The molecule has 1 aromatic rings. The number of rotatable bonds is 4. The molecule has 0 saturated carbocycles. The second kappa shape index (κ2) is 7.41. The van der Waals surface area contributed by atoms with Gasteiger partial charge < -0.3 is 10.6 Å². The van der Waals surface area contributed by atoms with Crippen LogP contribution in [0.2, 0.25) is 0 Å². The molecular formula is C17H25BrN2O. The molecule has 116 valence electrons. The summed E-state index contributed by atoms with van der Waals surface area (Å²) in [5.74, 6) is 0.925. The lowest BCUT2D eigenvalue weighted by atomic mass is 9.91. The Labute approximate surface area is 136 Å². The number of piperidine rings is 1. The predicted octanol–water partition coefficient (Wildman–Crippen LogP) is 3.53. The van der Waals surface area contributed by atoms with E-state index in [9.17, 15) is 4.79 Å². The van der Waals surface area contributed by atoms with Crippen molar-refractivity contribution in [3.05, 3.63) is 34.3 Å². The Hall–Kier alpha value is -0.870. The summed E-state index contributed by atoms with van der Waals surface area (Å²) in [5.41, 5.74) is 7.20. The third kappa shape index (κ3) is 4.30. The summed E-state index contributed by atoms with van der Waals surface area (Å²) in [5, 5.41) is 0. The first-order valence-electron chi connectivity index (χ1n) is 7.76. The molecule has 4 heteroatoms. The van der Waals surface area contributed by atoms with Gasteiger partial charge in [-0.3, -0.25) is 4.79 Å². The van der Waals surface area contributed by atoms with Crippen LogP contribution in [0.4, 0.5) is 0 Å². The molecule has 1 aliphatic heterocycles. The zero-order valence-electron chi connectivity index (χ0n) is 12.9. The van der Waals surface area contributed by atoms with Gasteiger partial charge in [0.25, 0.3) is 0 Å². The number of nitrogens with two attached hydrogens (primary N) is 1. The zero-order chi connectivity index (χ0) is 15.4. The van der Waals surface area contributed by atoms with E-state index in [1.807, 2.05) is 30.0 Å². The first-order chi connectivity index (χ1) is 9.99. The number of amides is 1. The van der Waals surface area contributed by atoms with Crippen LogP contribution in [-0.2, 0) is 4.79 Å². The van der Waals surface area contributed by atoms with Gasteiger partial charge in [0.05, 0.1) is 0 Å². The molecule has 1 saturated heterocycles. The van der Waals surface area contributed by atoms with Crippen molar-refractivity contribution in [1.82, 2.24) is 4.90 Å². The minimum absolute atomic E-state index is 0.168. The number of carbonyl (C=O) groups excluding carboxylic acids is 1. The molecule has 1 heterocycles. The monoisotopic (exact) mass is 352 g/mol. The molecule has 1 fully saturated rings. The number of hydrogen-bond donors (Lipinski definition) is 1. The fraction of sp³-hybridized carbons (Fsp3) is 0.588. The lowest BCUT2D eigenvalue weighted by Gasteiger charge is -2.35. The number of benzene rings is 1. The van der Waals surface area contributed by atoms with Gasteiger partial charge in [0, 0.05) is 30.0 Å². The summed E-state index contributed by atoms with van der Waals surface area (Å²) in [6.07, 6.45) is 2.77. The van der Waals surface area contributed by atoms with Crippen LogP contribution in [-0.4, -0.2) is 29.9 Å². The average molecular weight is 353 g/mol. The third-order valence-corrected chi connectivity index (χ3v) is 5.19. The summed E-state index contributed by atoms with van der Waals surface area (Å²) in [7, 11) is 0. The highest BCUT2D eigenvalue weighted by Crippen LogP contribution is 2.28. The van der Waals surface area contributed by atoms with Crippen LogP contribution in [0, 0.1) is 5.92 Å². The van der Waals surface area contributed by atoms with Crippen LogP contribution >= 0.6 is 15.9 Å². The highest BCUT2D eigenvalue weighted by atomic mass is 79.9. The largest absolute Gasteiger partial charge is 0.342 e. The molecule has 0 aliphatic carbocycles. The highest BCUT2D eigenvalue weighted by Gasteiger charge is 2.26. The Morgan fingerprint density at radius 1 is 1.43 bits per heavy atom. The van der Waals surface area contributed by atoms with Crippen LogP contribution in [0.1, 0.15) is 44.6 Å². The molecule has 1 amide bonds. The number of hydrogen-bond acceptors (Lipinski definition) is 2. The van der Waals surface area contributed by atoms with Crippen molar-refractivity contribution in [2.24, 2.45) is 11.7 Å².